The Morgan fingerprint density at radius 3 is 2.21 bits per heavy atom. The first-order valence-electron chi connectivity index (χ1n) is 9.41. The van der Waals surface area contributed by atoms with E-state index in [0.717, 1.165) is 55.3 Å². The van der Waals surface area contributed by atoms with E-state index in [1.165, 1.54) is 35.4 Å². The second-order valence-electron chi connectivity index (χ2n) is 7.17. The maximum Gasteiger partial charge on any atom is 0.387 e. The molecule has 154 valence electrons. The van der Waals surface area contributed by atoms with Gasteiger partial charge in [0.15, 0.2) is 0 Å². The van der Waals surface area contributed by atoms with Crippen molar-refractivity contribution >= 4 is 21.6 Å². The van der Waals surface area contributed by atoms with Crippen LogP contribution in [-0.2, 0) is 35.6 Å². The molecule has 4 rings (SSSR count). The van der Waals surface area contributed by atoms with Gasteiger partial charge in [0.25, 0.3) is 0 Å². The molecule has 1 atom stereocenters. The van der Waals surface area contributed by atoms with Crippen molar-refractivity contribution in [3.05, 3.63) is 52.6 Å². The summed E-state index contributed by atoms with van der Waals surface area (Å²) in [4.78, 5) is 12.6. The molecule has 3 N–H and O–H groups in total. The number of hydrogen-bond acceptors (Lipinski definition) is 3. The highest BCUT2D eigenvalue weighted by molar-refractivity contribution is 7.91. The Hall–Kier alpha value is -2.52. The van der Waals surface area contributed by atoms with E-state index in [1.54, 1.807) is 0 Å². The lowest BCUT2D eigenvalue weighted by atomic mass is 9.99. The van der Waals surface area contributed by atoms with Gasteiger partial charge in [-0.1, -0.05) is 6.07 Å². The van der Waals surface area contributed by atoms with Crippen molar-refractivity contribution in [3.63, 3.8) is 0 Å². The summed E-state index contributed by atoms with van der Waals surface area (Å²) in [6.07, 6.45) is 5.84. The molecule has 0 heterocycles. The number of urea groups is 1. The van der Waals surface area contributed by atoms with Gasteiger partial charge in [0.1, 0.15) is 15.7 Å². The van der Waals surface area contributed by atoms with Crippen molar-refractivity contribution < 1.29 is 22.5 Å². The summed E-state index contributed by atoms with van der Waals surface area (Å²) < 4.78 is 45.2. The van der Waals surface area contributed by atoms with Crippen molar-refractivity contribution in [1.82, 2.24) is 0 Å². The third-order valence-electron chi connectivity index (χ3n) is 5.31. The van der Waals surface area contributed by atoms with Crippen molar-refractivity contribution in [3.8, 4) is 5.75 Å². The zero-order valence-corrected chi connectivity index (χ0v) is 16.4. The number of fused-ring (bicyclic) bond motifs is 2. The average Bonchev–Trinajstić information content (AvgIpc) is 3.30. The SMILES string of the molecule is N[S@](=O)(=NC(=O)Nc1c2c(cc3c1CCC3)CCC2)c1ccc(OC(F)F)cc1. The summed E-state index contributed by atoms with van der Waals surface area (Å²) in [7, 11) is -3.53. The molecule has 2 aromatic rings. The maximum atomic E-state index is 12.8. The molecular formula is C20H21F2N3O3S. The van der Waals surface area contributed by atoms with Gasteiger partial charge in [-0.25, -0.2) is 14.1 Å². The van der Waals surface area contributed by atoms with Gasteiger partial charge in [-0.2, -0.15) is 8.78 Å². The number of anilines is 1. The van der Waals surface area contributed by atoms with E-state index >= 15 is 0 Å². The lowest BCUT2D eigenvalue weighted by molar-refractivity contribution is -0.0498. The number of amides is 2. The van der Waals surface area contributed by atoms with E-state index in [4.69, 9.17) is 5.14 Å². The second kappa shape index (κ2) is 7.72. The van der Waals surface area contributed by atoms with Gasteiger partial charge in [0.2, 0.25) is 0 Å². The molecular weight excluding hydrogens is 400 g/mol. The van der Waals surface area contributed by atoms with Crippen LogP contribution in [0.25, 0.3) is 0 Å². The fourth-order valence-electron chi connectivity index (χ4n) is 4.09. The lowest BCUT2D eigenvalue weighted by Crippen LogP contribution is -2.19. The van der Waals surface area contributed by atoms with Gasteiger partial charge in [0.05, 0.1) is 4.90 Å². The smallest absolute Gasteiger partial charge is 0.387 e. The van der Waals surface area contributed by atoms with Crippen LogP contribution < -0.4 is 15.2 Å². The molecule has 0 unspecified atom stereocenters. The minimum Gasteiger partial charge on any atom is -0.435 e. The van der Waals surface area contributed by atoms with Gasteiger partial charge >= 0.3 is 12.6 Å². The van der Waals surface area contributed by atoms with Crippen LogP contribution >= 0.6 is 0 Å². The molecule has 2 aromatic carbocycles. The number of ether oxygens (including phenoxy) is 1. The molecule has 0 spiro atoms. The van der Waals surface area contributed by atoms with Gasteiger partial charge < -0.3 is 10.1 Å². The van der Waals surface area contributed by atoms with E-state index in [2.05, 4.69) is 20.5 Å². The van der Waals surface area contributed by atoms with Crippen molar-refractivity contribution in [2.24, 2.45) is 9.50 Å². The third-order valence-corrected chi connectivity index (χ3v) is 6.69. The Bertz CT molecular complexity index is 1050. The number of rotatable bonds is 4. The van der Waals surface area contributed by atoms with Crippen LogP contribution in [0.15, 0.2) is 39.6 Å². The first-order chi connectivity index (χ1) is 13.8. The predicted molar refractivity (Wildman–Crippen MR) is 106 cm³/mol. The number of carbonyl (C=O) groups excluding carboxylic acids is 1. The van der Waals surface area contributed by atoms with Crippen molar-refractivity contribution in [1.29, 1.82) is 0 Å². The molecule has 2 aliphatic rings. The Morgan fingerprint density at radius 1 is 1.07 bits per heavy atom. The summed E-state index contributed by atoms with van der Waals surface area (Å²) in [5.74, 6) is -0.0983. The predicted octanol–water partition coefficient (Wildman–Crippen LogP) is 4.20. The fourth-order valence-corrected chi connectivity index (χ4v) is 5.01. The number of aryl methyl sites for hydroxylation is 2. The Kier molecular flexibility index (Phi) is 5.26. The topological polar surface area (TPSA) is 93.8 Å². The Labute approximate surface area is 167 Å². The molecule has 0 radical (unpaired) electrons. The van der Waals surface area contributed by atoms with Crippen LogP contribution in [0.4, 0.5) is 19.3 Å². The first-order valence-corrected chi connectivity index (χ1v) is 11.0. The standard InChI is InChI=1S/C20H21F2N3O3S/c21-19(22)28-14-7-9-15(10-8-14)29(23,27)25-20(26)24-18-16-5-1-3-12(16)11-13-4-2-6-17(13)18/h7-11,19H,1-6H2,(H3,23,24,25,26,27)/t29-/m0/s1. The summed E-state index contributed by atoms with van der Waals surface area (Å²) in [6.45, 7) is -2.96. The normalized spacial score (nSPS) is 16.8. The van der Waals surface area contributed by atoms with Gasteiger partial charge in [0, 0.05) is 5.69 Å². The zero-order chi connectivity index (χ0) is 20.6. The molecule has 2 amide bonds. The molecule has 0 saturated heterocycles. The maximum absolute atomic E-state index is 12.8. The molecule has 0 saturated carbocycles. The van der Waals surface area contributed by atoms with Crippen molar-refractivity contribution in [2.75, 3.05) is 5.32 Å². The number of alkyl halides is 2. The summed E-state index contributed by atoms with van der Waals surface area (Å²) in [5, 5.41) is 8.60. The summed E-state index contributed by atoms with van der Waals surface area (Å²) in [5.41, 5.74) is 5.56. The first kappa shape index (κ1) is 19.8. The number of nitrogens with two attached hydrogens (primary N) is 1. The van der Waals surface area contributed by atoms with E-state index < -0.39 is 22.6 Å². The number of hydrogen-bond donors (Lipinski definition) is 2. The quantitative estimate of drug-likeness (QED) is 0.775. The average molecular weight is 421 g/mol. The molecule has 0 fully saturated rings. The third kappa shape index (κ3) is 4.11. The van der Waals surface area contributed by atoms with Crippen LogP contribution in [0, 0.1) is 0 Å². The molecule has 2 aliphatic carbocycles. The molecule has 0 aliphatic heterocycles. The highest BCUT2D eigenvalue weighted by atomic mass is 32.2. The van der Waals surface area contributed by atoms with E-state index in [-0.39, 0.29) is 10.6 Å². The molecule has 9 heteroatoms. The largest absolute Gasteiger partial charge is 0.435 e. The van der Waals surface area contributed by atoms with Gasteiger partial charge in [-0.05, 0) is 85.0 Å². The van der Waals surface area contributed by atoms with Crippen LogP contribution in [0.3, 0.4) is 0 Å². The summed E-state index contributed by atoms with van der Waals surface area (Å²) in [6, 6.07) is 6.40. The second-order valence-corrected chi connectivity index (χ2v) is 8.97. The number of nitrogens with zero attached hydrogens (tertiary/aromatic N) is 1. The highest BCUT2D eigenvalue weighted by Gasteiger charge is 2.25. The molecule has 6 nitrogen and oxygen atoms in total. The minimum atomic E-state index is -3.53. The number of benzene rings is 2. The Balaban J connectivity index is 1.59. The fraction of sp³-hybridized carbons (Fsp3) is 0.350. The number of halogens is 2. The summed E-state index contributed by atoms with van der Waals surface area (Å²) >= 11 is 0. The van der Waals surface area contributed by atoms with Crippen molar-refractivity contribution in [2.45, 2.75) is 50.0 Å². The van der Waals surface area contributed by atoms with Gasteiger partial charge in [-0.15, -0.1) is 4.36 Å². The Morgan fingerprint density at radius 2 is 1.66 bits per heavy atom. The zero-order valence-electron chi connectivity index (χ0n) is 15.6. The van der Waals surface area contributed by atoms with Crippen LogP contribution in [-0.4, -0.2) is 16.9 Å². The van der Waals surface area contributed by atoms with Crippen LogP contribution in [0.5, 0.6) is 5.75 Å². The lowest BCUT2D eigenvalue weighted by Gasteiger charge is -2.15. The van der Waals surface area contributed by atoms with Crippen LogP contribution in [0.2, 0.25) is 0 Å². The van der Waals surface area contributed by atoms with Gasteiger partial charge in [-0.3, -0.25) is 0 Å². The van der Waals surface area contributed by atoms with E-state index in [9.17, 15) is 17.8 Å². The minimum absolute atomic E-state index is 0.0535. The van der Waals surface area contributed by atoms with E-state index in [0.29, 0.717) is 0 Å². The number of carbonyl (C=O) groups is 1. The monoisotopic (exact) mass is 421 g/mol. The number of nitrogens with one attached hydrogen (secondary N) is 1. The molecule has 0 aromatic heterocycles. The van der Waals surface area contributed by atoms with Crippen LogP contribution in [0.1, 0.15) is 35.1 Å². The molecule has 29 heavy (non-hydrogen) atoms. The molecule has 0 bridgehead atoms. The van der Waals surface area contributed by atoms with E-state index in [1.807, 2.05) is 0 Å². The highest BCUT2D eigenvalue weighted by Crippen LogP contribution is 2.38.